The van der Waals surface area contributed by atoms with Crippen molar-refractivity contribution in [3.8, 4) is 0 Å². The van der Waals surface area contributed by atoms with E-state index in [1.165, 1.54) is 4.90 Å². The molecule has 0 saturated carbocycles. The average molecular weight is 267 g/mol. The van der Waals surface area contributed by atoms with Crippen molar-refractivity contribution in [2.75, 3.05) is 19.3 Å². The molecule has 0 aliphatic rings. The number of rotatable bonds is 5. The van der Waals surface area contributed by atoms with E-state index < -0.39 is 0 Å². The standard InChI is InChI=1S/C12H21N5O2/c1-5-17-6-9(13)11(15-17)12(19)16(4)7-10(18)14-8(2)3/h6,8H,5,7,13H2,1-4H3,(H,14,18). The lowest BCUT2D eigenvalue weighted by molar-refractivity contribution is -0.122. The monoisotopic (exact) mass is 267 g/mol. The van der Waals surface area contributed by atoms with Gasteiger partial charge in [0, 0.05) is 25.8 Å². The third-order valence-corrected chi connectivity index (χ3v) is 2.49. The van der Waals surface area contributed by atoms with Crippen molar-refractivity contribution < 1.29 is 9.59 Å². The zero-order valence-electron chi connectivity index (χ0n) is 11.8. The maximum absolute atomic E-state index is 12.1. The van der Waals surface area contributed by atoms with Crippen molar-refractivity contribution in [3.63, 3.8) is 0 Å². The fourth-order valence-electron chi connectivity index (χ4n) is 1.60. The lowest BCUT2D eigenvalue weighted by Gasteiger charge is -2.17. The summed E-state index contributed by atoms with van der Waals surface area (Å²) in [4.78, 5) is 25.0. The van der Waals surface area contributed by atoms with Gasteiger partial charge in [0.2, 0.25) is 5.91 Å². The van der Waals surface area contributed by atoms with Gasteiger partial charge in [-0.05, 0) is 20.8 Å². The van der Waals surface area contributed by atoms with Gasteiger partial charge in [0.05, 0.1) is 12.2 Å². The molecule has 106 valence electrons. The van der Waals surface area contributed by atoms with Crippen LogP contribution in [0.3, 0.4) is 0 Å². The number of anilines is 1. The maximum atomic E-state index is 12.1. The molecule has 3 N–H and O–H groups in total. The van der Waals surface area contributed by atoms with Crippen LogP contribution in [0.1, 0.15) is 31.3 Å². The molecule has 0 spiro atoms. The summed E-state index contributed by atoms with van der Waals surface area (Å²) in [7, 11) is 1.55. The molecule has 0 radical (unpaired) electrons. The number of hydrogen-bond acceptors (Lipinski definition) is 4. The smallest absolute Gasteiger partial charge is 0.276 e. The molecule has 1 heterocycles. The third-order valence-electron chi connectivity index (χ3n) is 2.49. The van der Waals surface area contributed by atoms with Crippen molar-refractivity contribution in [1.29, 1.82) is 0 Å². The second-order valence-electron chi connectivity index (χ2n) is 4.67. The first kappa shape index (κ1) is 15.0. The van der Waals surface area contributed by atoms with Gasteiger partial charge in [0.1, 0.15) is 0 Å². The molecule has 0 aliphatic heterocycles. The van der Waals surface area contributed by atoms with Crippen LogP contribution in [-0.2, 0) is 11.3 Å². The molecule has 0 aromatic carbocycles. The van der Waals surface area contributed by atoms with Crippen molar-refractivity contribution in [1.82, 2.24) is 20.0 Å². The number of hydrogen-bond donors (Lipinski definition) is 2. The van der Waals surface area contributed by atoms with Gasteiger partial charge in [0.15, 0.2) is 5.69 Å². The van der Waals surface area contributed by atoms with E-state index in [0.717, 1.165) is 0 Å². The Morgan fingerprint density at radius 2 is 2.16 bits per heavy atom. The van der Waals surface area contributed by atoms with E-state index >= 15 is 0 Å². The summed E-state index contributed by atoms with van der Waals surface area (Å²) in [5.41, 5.74) is 6.24. The Kier molecular flexibility index (Phi) is 4.91. The van der Waals surface area contributed by atoms with E-state index in [0.29, 0.717) is 12.2 Å². The maximum Gasteiger partial charge on any atom is 0.276 e. The molecule has 0 atom stereocenters. The van der Waals surface area contributed by atoms with Crippen LogP contribution in [0.5, 0.6) is 0 Å². The van der Waals surface area contributed by atoms with Gasteiger partial charge in [-0.15, -0.1) is 0 Å². The quantitative estimate of drug-likeness (QED) is 0.790. The van der Waals surface area contributed by atoms with Crippen LogP contribution in [0, 0.1) is 0 Å². The average Bonchev–Trinajstić information content (AvgIpc) is 2.68. The Bertz CT molecular complexity index is 467. The minimum absolute atomic E-state index is 0.0184. The summed E-state index contributed by atoms with van der Waals surface area (Å²) in [5, 5.41) is 6.81. The second kappa shape index (κ2) is 6.21. The molecule has 0 bridgehead atoms. The van der Waals surface area contributed by atoms with Gasteiger partial charge in [-0.2, -0.15) is 5.10 Å². The molecule has 1 aromatic heterocycles. The van der Waals surface area contributed by atoms with Crippen LogP contribution < -0.4 is 11.1 Å². The topological polar surface area (TPSA) is 93.2 Å². The molecule has 0 fully saturated rings. The third kappa shape index (κ3) is 3.97. The number of amides is 2. The molecule has 7 heteroatoms. The first-order valence-corrected chi connectivity index (χ1v) is 6.22. The number of aromatic nitrogens is 2. The first-order valence-electron chi connectivity index (χ1n) is 6.22. The molecule has 0 aliphatic carbocycles. The van der Waals surface area contributed by atoms with E-state index in [1.807, 2.05) is 20.8 Å². The fourth-order valence-corrected chi connectivity index (χ4v) is 1.60. The highest BCUT2D eigenvalue weighted by Crippen LogP contribution is 2.11. The molecule has 7 nitrogen and oxygen atoms in total. The lowest BCUT2D eigenvalue weighted by atomic mass is 10.3. The number of nitrogens with two attached hydrogens (primary N) is 1. The Morgan fingerprint density at radius 1 is 1.53 bits per heavy atom. The highest BCUT2D eigenvalue weighted by Gasteiger charge is 2.20. The lowest BCUT2D eigenvalue weighted by Crippen LogP contribution is -2.41. The van der Waals surface area contributed by atoms with E-state index in [-0.39, 0.29) is 30.1 Å². The molecule has 1 aromatic rings. The van der Waals surface area contributed by atoms with Crippen LogP contribution >= 0.6 is 0 Å². The van der Waals surface area contributed by atoms with Crippen molar-refractivity contribution >= 4 is 17.5 Å². The Morgan fingerprint density at radius 3 is 2.63 bits per heavy atom. The van der Waals surface area contributed by atoms with Crippen LogP contribution in [0.4, 0.5) is 5.69 Å². The number of carbonyl (C=O) groups is 2. The van der Waals surface area contributed by atoms with Crippen LogP contribution in [0.25, 0.3) is 0 Å². The summed E-state index contributed by atoms with van der Waals surface area (Å²) in [6.07, 6.45) is 1.61. The minimum atomic E-state index is -0.358. The molecule has 1 rings (SSSR count). The van der Waals surface area contributed by atoms with E-state index in [4.69, 9.17) is 5.73 Å². The predicted molar refractivity (Wildman–Crippen MR) is 72.6 cm³/mol. The number of carbonyl (C=O) groups excluding carboxylic acids is 2. The number of nitrogens with one attached hydrogen (secondary N) is 1. The van der Waals surface area contributed by atoms with Gasteiger partial charge in [-0.25, -0.2) is 0 Å². The summed E-state index contributed by atoms with van der Waals surface area (Å²) in [5.74, 6) is -0.567. The van der Waals surface area contributed by atoms with E-state index in [1.54, 1.807) is 17.9 Å². The zero-order chi connectivity index (χ0) is 14.6. The van der Waals surface area contributed by atoms with E-state index in [9.17, 15) is 9.59 Å². The first-order chi connectivity index (χ1) is 8.85. The molecular weight excluding hydrogens is 246 g/mol. The summed E-state index contributed by atoms with van der Waals surface area (Å²) >= 11 is 0. The number of aryl methyl sites for hydroxylation is 1. The normalized spacial score (nSPS) is 10.6. The van der Waals surface area contributed by atoms with Gasteiger partial charge in [-0.1, -0.05) is 0 Å². The van der Waals surface area contributed by atoms with Crippen molar-refractivity contribution in [3.05, 3.63) is 11.9 Å². The Labute approximate surface area is 112 Å². The van der Waals surface area contributed by atoms with Crippen LogP contribution in [-0.4, -0.2) is 46.1 Å². The molecule has 0 unspecified atom stereocenters. The Hall–Kier alpha value is -2.05. The van der Waals surface area contributed by atoms with Crippen molar-refractivity contribution in [2.24, 2.45) is 0 Å². The molecule has 0 saturated heterocycles. The SMILES string of the molecule is CCn1cc(N)c(C(=O)N(C)CC(=O)NC(C)C)n1. The van der Waals surface area contributed by atoms with E-state index in [2.05, 4.69) is 10.4 Å². The zero-order valence-corrected chi connectivity index (χ0v) is 11.8. The van der Waals surface area contributed by atoms with Gasteiger partial charge in [0.25, 0.3) is 5.91 Å². The number of nitrogen functional groups attached to an aromatic ring is 1. The second-order valence-corrected chi connectivity index (χ2v) is 4.67. The molecule has 19 heavy (non-hydrogen) atoms. The van der Waals surface area contributed by atoms with Gasteiger partial charge < -0.3 is 16.0 Å². The van der Waals surface area contributed by atoms with Gasteiger partial charge in [-0.3, -0.25) is 14.3 Å². The Balaban J connectivity index is 2.71. The summed E-state index contributed by atoms with van der Waals surface area (Å²) in [6.45, 7) is 6.24. The predicted octanol–water partition coefficient (Wildman–Crippen LogP) is 0.0818. The van der Waals surface area contributed by atoms with Crippen LogP contribution in [0.15, 0.2) is 6.20 Å². The van der Waals surface area contributed by atoms with Crippen LogP contribution in [0.2, 0.25) is 0 Å². The molecular formula is C12H21N5O2. The summed E-state index contributed by atoms with van der Waals surface area (Å²) < 4.78 is 1.59. The largest absolute Gasteiger partial charge is 0.396 e. The minimum Gasteiger partial charge on any atom is -0.396 e. The highest BCUT2D eigenvalue weighted by molar-refractivity contribution is 5.98. The fraction of sp³-hybridized carbons (Fsp3) is 0.583. The number of likely N-dealkylation sites (N-methyl/N-ethyl adjacent to an activating group) is 1. The van der Waals surface area contributed by atoms with Gasteiger partial charge >= 0.3 is 0 Å². The summed E-state index contributed by atoms with van der Waals surface area (Å²) in [6, 6.07) is 0.0420. The number of nitrogens with zero attached hydrogens (tertiary/aromatic N) is 3. The highest BCUT2D eigenvalue weighted by atomic mass is 16.2. The molecule has 2 amide bonds. The van der Waals surface area contributed by atoms with Crippen molar-refractivity contribution in [2.45, 2.75) is 33.4 Å².